The van der Waals surface area contributed by atoms with Crippen molar-refractivity contribution in [2.45, 2.75) is 39.5 Å². The zero-order chi connectivity index (χ0) is 13.1. The highest BCUT2D eigenvalue weighted by molar-refractivity contribution is 6.31. The van der Waals surface area contributed by atoms with Crippen molar-refractivity contribution in [2.75, 3.05) is 0 Å². The van der Waals surface area contributed by atoms with E-state index in [2.05, 4.69) is 13.8 Å². The minimum Gasteiger partial charge on any atom is -0.299 e. The molecule has 2 heteroatoms. The number of benzene rings is 1. The van der Waals surface area contributed by atoms with Crippen LogP contribution >= 0.6 is 11.6 Å². The number of halogens is 1. The van der Waals surface area contributed by atoms with E-state index in [9.17, 15) is 4.79 Å². The fourth-order valence-electron chi connectivity index (χ4n) is 2.88. The summed E-state index contributed by atoms with van der Waals surface area (Å²) in [6.45, 7) is 4.51. The first-order chi connectivity index (χ1) is 8.58. The molecule has 2 atom stereocenters. The van der Waals surface area contributed by atoms with Gasteiger partial charge < -0.3 is 0 Å². The van der Waals surface area contributed by atoms with Crippen molar-refractivity contribution >= 4 is 17.4 Å². The third-order valence-corrected chi connectivity index (χ3v) is 4.54. The van der Waals surface area contributed by atoms with Crippen LogP contribution < -0.4 is 0 Å². The summed E-state index contributed by atoms with van der Waals surface area (Å²) in [5.74, 6) is 1.96. The third kappa shape index (κ3) is 3.14. The third-order valence-electron chi connectivity index (χ3n) is 4.17. The molecule has 0 radical (unpaired) electrons. The predicted octanol–water partition coefficient (Wildman–Crippen LogP) is 4.52. The van der Waals surface area contributed by atoms with Gasteiger partial charge in [0.1, 0.15) is 5.78 Å². The first-order valence-electron chi connectivity index (χ1n) is 6.84. The molecule has 1 aliphatic carbocycles. The van der Waals surface area contributed by atoms with Crippen molar-refractivity contribution in [3.8, 4) is 0 Å². The van der Waals surface area contributed by atoms with Gasteiger partial charge in [-0.05, 0) is 42.7 Å². The molecule has 0 N–H and O–H groups in total. The van der Waals surface area contributed by atoms with Gasteiger partial charge in [-0.3, -0.25) is 4.79 Å². The molecule has 0 bridgehead atoms. The van der Waals surface area contributed by atoms with Gasteiger partial charge in [0, 0.05) is 17.4 Å². The fourth-order valence-corrected chi connectivity index (χ4v) is 3.09. The summed E-state index contributed by atoms with van der Waals surface area (Å²) in [4.78, 5) is 12.0. The van der Waals surface area contributed by atoms with Crippen LogP contribution in [0, 0.1) is 17.8 Å². The summed E-state index contributed by atoms with van der Waals surface area (Å²) in [7, 11) is 0. The smallest absolute Gasteiger partial charge is 0.136 e. The molecular weight excluding hydrogens is 244 g/mol. The van der Waals surface area contributed by atoms with E-state index in [0.717, 1.165) is 36.3 Å². The molecule has 0 heterocycles. The van der Waals surface area contributed by atoms with E-state index in [-0.39, 0.29) is 5.92 Å². The van der Waals surface area contributed by atoms with Crippen molar-refractivity contribution in [1.82, 2.24) is 0 Å². The molecule has 2 unspecified atom stereocenters. The van der Waals surface area contributed by atoms with Crippen LogP contribution in [0.2, 0.25) is 5.02 Å². The Hall–Kier alpha value is -0.820. The van der Waals surface area contributed by atoms with Crippen LogP contribution in [0.15, 0.2) is 24.3 Å². The summed E-state index contributed by atoms with van der Waals surface area (Å²) >= 11 is 6.18. The summed E-state index contributed by atoms with van der Waals surface area (Å²) in [6, 6.07) is 7.87. The van der Waals surface area contributed by atoms with Crippen LogP contribution in [0.4, 0.5) is 0 Å². The molecule has 1 aromatic rings. The number of carbonyl (C=O) groups excluding carboxylic acids is 1. The average molecular weight is 265 g/mol. The van der Waals surface area contributed by atoms with Crippen LogP contribution in [-0.2, 0) is 11.2 Å². The van der Waals surface area contributed by atoms with Crippen LogP contribution in [0.25, 0.3) is 0 Å². The lowest BCUT2D eigenvalue weighted by Gasteiger charge is -2.30. The van der Waals surface area contributed by atoms with Crippen molar-refractivity contribution in [3.05, 3.63) is 34.9 Å². The van der Waals surface area contributed by atoms with E-state index in [1.807, 2.05) is 24.3 Å². The number of carbonyl (C=O) groups is 1. The second-order valence-corrected chi connectivity index (χ2v) is 6.14. The highest BCUT2D eigenvalue weighted by atomic mass is 35.5. The van der Waals surface area contributed by atoms with Crippen molar-refractivity contribution in [3.63, 3.8) is 0 Å². The van der Waals surface area contributed by atoms with Crippen LogP contribution in [-0.4, -0.2) is 5.78 Å². The van der Waals surface area contributed by atoms with Gasteiger partial charge in [-0.2, -0.15) is 0 Å². The highest BCUT2D eigenvalue weighted by Gasteiger charge is 2.30. The van der Waals surface area contributed by atoms with E-state index in [1.54, 1.807) is 0 Å². The minimum absolute atomic E-state index is 0.172. The molecule has 0 amide bonds. The molecule has 0 aromatic heterocycles. The number of ketones is 1. The maximum Gasteiger partial charge on any atom is 0.136 e. The summed E-state index contributed by atoms with van der Waals surface area (Å²) < 4.78 is 0. The van der Waals surface area contributed by atoms with E-state index < -0.39 is 0 Å². The Balaban J connectivity index is 2.07. The topological polar surface area (TPSA) is 17.1 Å². The van der Waals surface area contributed by atoms with Crippen LogP contribution in [0.3, 0.4) is 0 Å². The van der Waals surface area contributed by atoms with Crippen LogP contribution in [0.5, 0.6) is 0 Å². The SMILES string of the molecule is CC(C)C1CCC(=O)C(Cc2ccccc2Cl)C1. The van der Waals surface area contributed by atoms with Gasteiger partial charge >= 0.3 is 0 Å². The van der Waals surface area contributed by atoms with Crippen molar-refractivity contribution in [1.29, 1.82) is 0 Å². The molecule has 98 valence electrons. The molecule has 1 saturated carbocycles. The number of hydrogen-bond donors (Lipinski definition) is 0. The number of rotatable bonds is 3. The van der Waals surface area contributed by atoms with Crippen molar-refractivity contribution < 1.29 is 4.79 Å². The monoisotopic (exact) mass is 264 g/mol. The predicted molar refractivity (Wildman–Crippen MR) is 75.8 cm³/mol. The van der Waals surface area contributed by atoms with Gasteiger partial charge in [0.25, 0.3) is 0 Å². The quantitative estimate of drug-likeness (QED) is 0.784. The number of Topliss-reactive ketones (excluding diaryl/α,β-unsaturated/α-hetero) is 1. The molecule has 1 fully saturated rings. The lowest BCUT2D eigenvalue weighted by Crippen LogP contribution is -2.29. The molecule has 1 nitrogen and oxygen atoms in total. The Labute approximate surface area is 115 Å². The second-order valence-electron chi connectivity index (χ2n) is 5.74. The largest absolute Gasteiger partial charge is 0.299 e. The van der Waals surface area contributed by atoms with E-state index in [1.165, 1.54) is 0 Å². The molecular formula is C16H21ClO. The summed E-state index contributed by atoms with van der Waals surface area (Å²) in [5.41, 5.74) is 1.11. The molecule has 0 aliphatic heterocycles. The molecule has 1 aliphatic rings. The van der Waals surface area contributed by atoms with Crippen LogP contribution in [0.1, 0.15) is 38.7 Å². The molecule has 2 rings (SSSR count). The maximum absolute atomic E-state index is 12.0. The summed E-state index contributed by atoms with van der Waals surface area (Å²) in [6.07, 6.45) is 3.65. The highest BCUT2D eigenvalue weighted by Crippen LogP contribution is 2.34. The van der Waals surface area contributed by atoms with E-state index >= 15 is 0 Å². The van der Waals surface area contributed by atoms with Gasteiger partial charge in [0.05, 0.1) is 0 Å². The average Bonchev–Trinajstić information content (AvgIpc) is 2.34. The first-order valence-corrected chi connectivity index (χ1v) is 7.22. The van der Waals surface area contributed by atoms with Gasteiger partial charge in [-0.15, -0.1) is 0 Å². The Morgan fingerprint density at radius 3 is 2.72 bits per heavy atom. The number of hydrogen-bond acceptors (Lipinski definition) is 1. The lowest BCUT2D eigenvalue weighted by atomic mass is 9.73. The van der Waals surface area contributed by atoms with Gasteiger partial charge in [0.15, 0.2) is 0 Å². The molecule has 0 spiro atoms. The molecule has 1 aromatic carbocycles. The normalized spacial score (nSPS) is 24.6. The Kier molecular flexibility index (Phi) is 4.45. The van der Waals surface area contributed by atoms with E-state index in [0.29, 0.717) is 17.6 Å². The molecule has 0 saturated heterocycles. The van der Waals surface area contributed by atoms with Crippen molar-refractivity contribution in [2.24, 2.45) is 17.8 Å². The maximum atomic E-state index is 12.0. The Morgan fingerprint density at radius 2 is 2.06 bits per heavy atom. The first kappa shape index (κ1) is 13.6. The Bertz CT molecular complexity index is 425. The van der Waals surface area contributed by atoms with E-state index in [4.69, 9.17) is 11.6 Å². The second kappa shape index (κ2) is 5.88. The van der Waals surface area contributed by atoms with Gasteiger partial charge in [-0.25, -0.2) is 0 Å². The summed E-state index contributed by atoms with van der Waals surface area (Å²) in [5, 5.41) is 0.789. The standard InChI is InChI=1S/C16H21ClO/c1-11(2)12-7-8-16(18)14(9-12)10-13-5-3-4-6-15(13)17/h3-6,11-12,14H,7-10H2,1-2H3. The zero-order valence-electron chi connectivity index (χ0n) is 11.2. The zero-order valence-corrected chi connectivity index (χ0v) is 11.9. The Morgan fingerprint density at radius 1 is 1.33 bits per heavy atom. The minimum atomic E-state index is 0.172. The molecule has 18 heavy (non-hydrogen) atoms. The lowest BCUT2D eigenvalue weighted by molar-refractivity contribution is -0.125. The van der Waals surface area contributed by atoms with Gasteiger partial charge in [-0.1, -0.05) is 43.6 Å². The fraction of sp³-hybridized carbons (Fsp3) is 0.562. The van der Waals surface area contributed by atoms with Gasteiger partial charge in [0.2, 0.25) is 0 Å².